The Labute approximate surface area is 139 Å². The van der Waals surface area contributed by atoms with Crippen molar-refractivity contribution in [2.24, 2.45) is 0 Å². The van der Waals surface area contributed by atoms with Gasteiger partial charge in [-0.2, -0.15) is 0 Å². The fourth-order valence-corrected chi connectivity index (χ4v) is 2.59. The smallest absolute Gasteiger partial charge is 0.350 e. The molecular formula is C15H17NO7S. The number of ether oxygens (including phenoxy) is 3. The van der Waals surface area contributed by atoms with E-state index in [0.717, 1.165) is 12.5 Å². The zero-order valence-electron chi connectivity index (χ0n) is 13.6. The largest absolute Gasteiger partial charge is 0.497 e. The van der Waals surface area contributed by atoms with Gasteiger partial charge in [0, 0.05) is 38.1 Å². The molecule has 0 bridgehead atoms. The van der Waals surface area contributed by atoms with Crippen molar-refractivity contribution in [3.8, 4) is 5.75 Å². The molecule has 0 atom stereocenters. The number of anilines is 1. The predicted octanol–water partition coefficient (Wildman–Crippen LogP) is 1.23. The molecule has 0 aliphatic carbocycles. The van der Waals surface area contributed by atoms with Crippen molar-refractivity contribution in [1.82, 2.24) is 0 Å². The van der Waals surface area contributed by atoms with Gasteiger partial charge in [0.05, 0.1) is 12.0 Å². The SMILES string of the molecule is COc1cc(NC=C2C(=O)OC(C)(C)OC2=O)cc(S(C)(=O)=O)c1. The van der Waals surface area contributed by atoms with Gasteiger partial charge in [-0.25, -0.2) is 18.0 Å². The molecule has 0 spiro atoms. The highest BCUT2D eigenvalue weighted by atomic mass is 32.2. The van der Waals surface area contributed by atoms with Gasteiger partial charge in [0.15, 0.2) is 15.4 Å². The van der Waals surface area contributed by atoms with Gasteiger partial charge in [-0.15, -0.1) is 0 Å². The summed E-state index contributed by atoms with van der Waals surface area (Å²) < 4.78 is 38.3. The van der Waals surface area contributed by atoms with Crippen molar-refractivity contribution < 1.29 is 32.2 Å². The maximum absolute atomic E-state index is 11.8. The molecule has 1 N–H and O–H groups in total. The summed E-state index contributed by atoms with van der Waals surface area (Å²) in [4.78, 5) is 23.7. The van der Waals surface area contributed by atoms with Crippen LogP contribution in [-0.2, 0) is 28.9 Å². The van der Waals surface area contributed by atoms with Crippen molar-refractivity contribution in [2.45, 2.75) is 24.5 Å². The number of benzene rings is 1. The van der Waals surface area contributed by atoms with Crippen LogP contribution in [0.1, 0.15) is 13.8 Å². The van der Waals surface area contributed by atoms with Crippen molar-refractivity contribution in [3.63, 3.8) is 0 Å². The lowest BCUT2D eigenvalue weighted by Crippen LogP contribution is -2.42. The molecular weight excluding hydrogens is 338 g/mol. The van der Waals surface area contributed by atoms with Crippen molar-refractivity contribution in [2.75, 3.05) is 18.7 Å². The number of esters is 2. The minimum Gasteiger partial charge on any atom is -0.497 e. The van der Waals surface area contributed by atoms with Crippen molar-refractivity contribution >= 4 is 27.5 Å². The Morgan fingerprint density at radius 3 is 2.21 bits per heavy atom. The maximum atomic E-state index is 11.8. The highest BCUT2D eigenvalue weighted by Gasteiger charge is 2.38. The average Bonchev–Trinajstić information content (AvgIpc) is 2.43. The zero-order chi connectivity index (χ0) is 18.1. The van der Waals surface area contributed by atoms with Crippen LogP contribution in [0, 0.1) is 0 Å². The molecule has 0 aromatic heterocycles. The highest BCUT2D eigenvalue weighted by Crippen LogP contribution is 2.26. The summed E-state index contributed by atoms with van der Waals surface area (Å²) in [5.41, 5.74) is -0.0224. The second-order valence-electron chi connectivity index (χ2n) is 5.55. The minimum absolute atomic E-state index is 0.0256. The van der Waals surface area contributed by atoms with Gasteiger partial charge in [0.25, 0.3) is 5.79 Å². The van der Waals surface area contributed by atoms with Crippen LogP contribution in [-0.4, -0.2) is 39.5 Å². The van der Waals surface area contributed by atoms with Crippen LogP contribution < -0.4 is 10.1 Å². The van der Waals surface area contributed by atoms with Gasteiger partial charge in [-0.05, 0) is 12.1 Å². The molecule has 130 valence electrons. The molecule has 1 fully saturated rings. The average molecular weight is 355 g/mol. The Morgan fingerprint density at radius 2 is 1.71 bits per heavy atom. The molecule has 1 aromatic rings. The Balaban J connectivity index is 2.32. The van der Waals surface area contributed by atoms with Crippen LogP contribution in [0.4, 0.5) is 5.69 Å². The molecule has 8 nitrogen and oxygen atoms in total. The van der Waals surface area contributed by atoms with E-state index in [9.17, 15) is 18.0 Å². The first-order chi connectivity index (χ1) is 11.0. The van der Waals surface area contributed by atoms with Crippen LogP contribution in [0.25, 0.3) is 0 Å². The van der Waals surface area contributed by atoms with Crippen LogP contribution in [0.5, 0.6) is 5.75 Å². The molecule has 0 radical (unpaired) electrons. The summed E-state index contributed by atoms with van der Waals surface area (Å²) in [5.74, 6) is -2.70. The summed E-state index contributed by atoms with van der Waals surface area (Å²) in [6, 6.07) is 4.22. The lowest BCUT2D eigenvalue weighted by molar-refractivity contribution is -0.222. The van der Waals surface area contributed by atoms with E-state index >= 15 is 0 Å². The van der Waals surface area contributed by atoms with Gasteiger partial charge in [-0.1, -0.05) is 0 Å². The number of cyclic esters (lactones) is 2. The van der Waals surface area contributed by atoms with Crippen molar-refractivity contribution in [1.29, 1.82) is 0 Å². The number of hydrogen-bond donors (Lipinski definition) is 1. The van der Waals surface area contributed by atoms with Gasteiger partial charge in [-0.3, -0.25) is 0 Å². The number of carbonyl (C=O) groups is 2. The Morgan fingerprint density at radius 1 is 1.12 bits per heavy atom. The molecule has 2 rings (SSSR count). The quantitative estimate of drug-likeness (QED) is 0.488. The fourth-order valence-electron chi connectivity index (χ4n) is 1.92. The first-order valence-corrected chi connectivity index (χ1v) is 8.73. The van der Waals surface area contributed by atoms with Crippen LogP contribution in [0.15, 0.2) is 34.9 Å². The molecule has 24 heavy (non-hydrogen) atoms. The summed E-state index contributed by atoms with van der Waals surface area (Å²) in [5, 5.41) is 2.68. The number of nitrogens with one attached hydrogen (secondary N) is 1. The van der Waals surface area contributed by atoms with Gasteiger partial charge in [0.2, 0.25) is 0 Å². The summed E-state index contributed by atoms with van der Waals surface area (Å²) in [6.45, 7) is 2.88. The molecule has 1 aliphatic rings. The topological polar surface area (TPSA) is 108 Å². The highest BCUT2D eigenvalue weighted by molar-refractivity contribution is 7.90. The zero-order valence-corrected chi connectivity index (χ0v) is 14.4. The molecule has 1 aliphatic heterocycles. The van der Waals surface area contributed by atoms with E-state index in [1.54, 1.807) is 0 Å². The fraction of sp³-hybridized carbons (Fsp3) is 0.333. The molecule has 1 saturated heterocycles. The number of carbonyl (C=O) groups excluding carboxylic acids is 2. The molecule has 0 unspecified atom stereocenters. The standard InChI is InChI=1S/C15H17NO7S/c1-15(2)22-13(17)12(14(18)23-15)8-16-9-5-10(21-3)7-11(6-9)24(4,19)20/h5-8,16H,1-4H3. The number of methoxy groups -OCH3 is 1. The molecule has 0 saturated carbocycles. The van der Waals surface area contributed by atoms with Gasteiger partial charge >= 0.3 is 11.9 Å². The third-order valence-corrected chi connectivity index (χ3v) is 4.14. The third kappa shape index (κ3) is 4.05. The molecule has 9 heteroatoms. The number of rotatable bonds is 4. The summed E-state index contributed by atoms with van der Waals surface area (Å²) >= 11 is 0. The summed E-state index contributed by atoms with van der Waals surface area (Å²) in [7, 11) is -2.07. The predicted molar refractivity (Wildman–Crippen MR) is 84.1 cm³/mol. The van der Waals surface area contributed by atoms with E-state index in [2.05, 4.69) is 5.32 Å². The normalized spacial score (nSPS) is 16.9. The molecule has 0 amide bonds. The Kier molecular flexibility index (Phi) is 4.57. The molecule has 1 heterocycles. The van der Waals surface area contributed by atoms with Crippen molar-refractivity contribution in [3.05, 3.63) is 30.0 Å². The van der Waals surface area contributed by atoms with Gasteiger partial charge < -0.3 is 19.5 Å². The Bertz CT molecular complexity index is 802. The summed E-state index contributed by atoms with van der Waals surface area (Å²) in [6.07, 6.45) is 2.16. The maximum Gasteiger partial charge on any atom is 0.350 e. The second kappa shape index (κ2) is 6.16. The van der Waals surface area contributed by atoms with E-state index in [0.29, 0.717) is 11.4 Å². The van der Waals surface area contributed by atoms with E-state index in [4.69, 9.17) is 14.2 Å². The third-order valence-electron chi connectivity index (χ3n) is 3.04. The van der Waals surface area contributed by atoms with E-state index < -0.39 is 27.6 Å². The lowest BCUT2D eigenvalue weighted by atomic mass is 10.2. The number of hydrogen-bond acceptors (Lipinski definition) is 8. The first-order valence-electron chi connectivity index (χ1n) is 6.84. The van der Waals surface area contributed by atoms with E-state index in [1.807, 2.05) is 0 Å². The van der Waals surface area contributed by atoms with E-state index in [-0.39, 0.29) is 10.5 Å². The van der Waals surface area contributed by atoms with Gasteiger partial charge in [0.1, 0.15) is 5.75 Å². The minimum atomic E-state index is -3.46. The van der Waals surface area contributed by atoms with Crippen LogP contribution in [0.2, 0.25) is 0 Å². The number of sulfone groups is 1. The van der Waals surface area contributed by atoms with Crippen LogP contribution >= 0.6 is 0 Å². The molecule has 1 aromatic carbocycles. The van der Waals surface area contributed by atoms with Crippen LogP contribution in [0.3, 0.4) is 0 Å². The first kappa shape index (κ1) is 17.8. The second-order valence-corrected chi connectivity index (χ2v) is 7.57. The lowest BCUT2D eigenvalue weighted by Gasteiger charge is -2.29. The Hall–Kier alpha value is -2.55. The van der Waals surface area contributed by atoms with E-state index in [1.165, 1.54) is 39.2 Å². The monoisotopic (exact) mass is 355 g/mol.